The summed E-state index contributed by atoms with van der Waals surface area (Å²) in [5.41, 5.74) is 2.52. The number of carbonyl (C=O) groups excluding carboxylic acids is 1. The van der Waals surface area contributed by atoms with E-state index in [-0.39, 0.29) is 5.90 Å². The van der Waals surface area contributed by atoms with Crippen LogP contribution in [0.3, 0.4) is 0 Å². The minimum absolute atomic E-state index is 0.259. The summed E-state index contributed by atoms with van der Waals surface area (Å²) in [5.74, 6) is 0.490. The smallest absolute Gasteiger partial charge is 0.356 e. The number of aliphatic imine (C=N–C) groups is 1. The molecule has 27 heavy (non-hydrogen) atoms. The molecule has 1 aliphatic rings. The molecular weight excluding hydrogens is 378 g/mol. The predicted octanol–water partition coefficient (Wildman–Crippen LogP) is 5.43. The molecule has 0 amide bonds. The SMILES string of the molecule is O=C1OC(c2ccccc2Cl)=N[C@@]1(SCc1ccccc1)c1ccccc1. The fourth-order valence-corrected chi connectivity index (χ4v) is 4.30. The van der Waals surface area contributed by atoms with Gasteiger partial charge in [0.05, 0.1) is 10.6 Å². The van der Waals surface area contributed by atoms with Crippen molar-refractivity contribution >= 4 is 35.2 Å². The van der Waals surface area contributed by atoms with Crippen molar-refractivity contribution in [2.24, 2.45) is 4.99 Å². The number of halogens is 1. The molecule has 0 saturated heterocycles. The van der Waals surface area contributed by atoms with E-state index in [2.05, 4.69) is 0 Å². The fourth-order valence-electron chi connectivity index (χ4n) is 2.90. The van der Waals surface area contributed by atoms with Crippen molar-refractivity contribution in [3.63, 3.8) is 0 Å². The molecule has 134 valence electrons. The molecule has 3 aromatic rings. The van der Waals surface area contributed by atoms with Gasteiger partial charge in [-0.3, -0.25) is 0 Å². The largest absolute Gasteiger partial charge is 0.404 e. The second kappa shape index (κ2) is 7.59. The molecule has 1 atom stereocenters. The summed E-state index contributed by atoms with van der Waals surface area (Å²) < 4.78 is 5.59. The minimum atomic E-state index is -1.15. The van der Waals surface area contributed by atoms with Crippen molar-refractivity contribution in [2.45, 2.75) is 10.6 Å². The lowest BCUT2D eigenvalue weighted by molar-refractivity contribution is -0.136. The van der Waals surface area contributed by atoms with Crippen molar-refractivity contribution < 1.29 is 9.53 Å². The molecule has 0 spiro atoms. The number of nitrogens with zero attached hydrogens (tertiary/aromatic N) is 1. The Hall–Kier alpha value is -2.56. The predicted molar refractivity (Wildman–Crippen MR) is 110 cm³/mol. The van der Waals surface area contributed by atoms with E-state index >= 15 is 0 Å². The maximum absolute atomic E-state index is 13.0. The summed E-state index contributed by atoms with van der Waals surface area (Å²) >= 11 is 7.73. The molecule has 4 rings (SSSR count). The Balaban J connectivity index is 1.76. The van der Waals surface area contributed by atoms with E-state index in [0.29, 0.717) is 16.3 Å². The van der Waals surface area contributed by atoms with Gasteiger partial charge in [-0.25, -0.2) is 9.79 Å². The normalized spacial score (nSPS) is 18.9. The number of esters is 1. The molecule has 0 N–H and O–H groups in total. The summed E-state index contributed by atoms with van der Waals surface area (Å²) in [6, 6.07) is 26.8. The second-order valence-electron chi connectivity index (χ2n) is 6.07. The van der Waals surface area contributed by atoms with Crippen LogP contribution in [0, 0.1) is 0 Å². The van der Waals surface area contributed by atoms with Crippen LogP contribution in [0.1, 0.15) is 16.7 Å². The summed E-state index contributed by atoms with van der Waals surface area (Å²) in [7, 11) is 0. The molecular formula is C22H16ClNO2S. The number of benzene rings is 3. The molecule has 0 unspecified atom stereocenters. The fraction of sp³-hybridized carbons (Fsp3) is 0.0909. The van der Waals surface area contributed by atoms with Crippen molar-refractivity contribution in [3.05, 3.63) is 107 Å². The first-order valence-corrected chi connectivity index (χ1v) is 9.86. The molecule has 3 nitrogen and oxygen atoms in total. The standard InChI is InChI=1S/C22H16ClNO2S/c23-19-14-8-7-13-18(19)20-24-22(21(25)26-20,17-11-5-2-6-12-17)27-15-16-9-3-1-4-10-16/h1-14H,15H2/t22-/m1/s1. The van der Waals surface area contributed by atoms with E-state index in [1.54, 1.807) is 12.1 Å². The number of hydrogen-bond acceptors (Lipinski definition) is 4. The first-order valence-electron chi connectivity index (χ1n) is 8.49. The van der Waals surface area contributed by atoms with Crippen LogP contribution in [0.2, 0.25) is 5.02 Å². The zero-order valence-electron chi connectivity index (χ0n) is 14.3. The summed E-state index contributed by atoms with van der Waals surface area (Å²) in [5, 5.41) is 0.501. The van der Waals surface area contributed by atoms with Crippen LogP contribution >= 0.6 is 23.4 Å². The number of rotatable bonds is 5. The Bertz CT molecular complexity index is 991. The van der Waals surface area contributed by atoms with Crippen LogP contribution in [-0.2, 0) is 20.2 Å². The Kier molecular flexibility index (Phi) is 5.01. The molecule has 5 heteroatoms. The van der Waals surface area contributed by atoms with Gasteiger partial charge in [0, 0.05) is 11.3 Å². The van der Waals surface area contributed by atoms with Crippen LogP contribution in [0.25, 0.3) is 0 Å². The molecule has 0 fully saturated rings. The van der Waals surface area contributed by atoms with E-state index in [1.807, 2.05) is 72.8 Å². The molecule has 1 aliphatic heterocycles. The average molecular weight is 394 g/mol. The van der Waals surface area contributed by atoms with Crippen LogP contribution in [0.5, 0.6) is 0 Å². The van der Waals surface area contributed by atoms with Crippen LogP contribution < -0.4 is 0 Å². The highest BCUT2D eigenvalue weighted by Gasteiger charge is 2.48. The summed E-state index contributed by atoms with van der Waals surface area (Å²) in [6.07, 6.45) is 0. The van der Waals surface area contributed by atoms with Crippen molar-refractivity contribution in [1.82, 2.24) is 0 Å². The number of cyclic esters (lactones) is 1. The van der Waals surface area contributed by atoms with Crippen LogP contribution in [0.15, 0.2) is 89.9 Å². The average Bonchev–Trinajstić information content (AvgIpc) is 3.05. The molecule has 0 saturated carbocycles. The zero-order chi connectivity index (χ0) is 18.7. The maximum atomic E-state index is 13.0. The number of carbonyl (C=O) groups is 1. The van der Waals surface area contributed by atoms with Gasteiger partial charge >= 0.3 is 5.97 Å². The first-order chi connectivity index (χ1) is 13.2. The molecule has 0 bridgehead atoms. The van der Waals surface area contributed by atoms with Gasteiger partial charge in [0.15, 0.2) is 0 Å². The van der Waals surface area contributed by atoms with Gasteiger partial charge in [0.25, 0.3) is 0 Å². The Morgan fingerprint density at radius 3 is 2.22 bits per heavy atom. The summed E-state index contributed by atoms with van der Waals surface area (Å²) in [4.78, 5) is 16.6. The third-order valence-electron chi connectivity index (χ3n) is 4.28. The van der Waals surface area contributed by atoms with Crippen molar-refractivity contribution in [1.29, 1.82) is 0 Å². The van der Waals surface area contributed by atoms with E-state index in [1.165, 1.54) is 11.8 Å². The highest BCUT2D eigenvalue weighted by atomic mass is 35.5. The maximum Gasteiger partial charge on any atom is 0.356 e. The Morgan fingerprint density at radius 2 is 1.52 bits per heavy atom. The topological polar surface area (TPSA) is 38.7 Å². The van der Waals surface area contributed by atoms with Crippen molar-refractivity contribution in [2.75, 3.05) is 0 Å². The molecule has 0 radical (unpaired) electrons. The van der Waals surface area contributed by atoms with E-state index in [4.69, 9.17) is 21.3 Å². The van der Waals surface area contributed by atoms with Crippen LogP contribution in [0.4, 0.5) is 0 Å². The number of thioether (sulfide) groups is 1. The molecule has 0 aliphatic carbocycles. The number of ether oxygens (including phenoxy) is 1. The Labute approximate surface area is 167 Å². The highest BCUT2D eigenvalue weighted by Crippen LogP contribution is 2.45. The minimum Gasteiger partial charge on any atom is -0.404 e. The van der Waals surface area contributed by atoms with Gasteiger partial charge in [-0.2, -0.15) is 0 Å². The van der Waals surface area contributed by atoms with Gasteiger partial charge in [0.1, 0.15) is 0 Å². The van der Waals surface area contributed by atoms with Gasteiger partial charge in [-0.15, -0.1) is 11.8 Å². The van der Waals surface area contributed by atoms with Crippen molar-refractivity contribution in [3.8, 4) is 0 Å². The van der Waals surface area contributed by atoms with Gasteiger partial charge in [-0.1, -0.05) is 84.4 Å². The molecule has 1 heterocycles. The summed E-state index contributed by atoms with van der Waals surface area (Å²) in [6.45, 7) is 0. The van der Waals surface area contributed by atoms with Gasteiger partial charge in [-0.05, 0) is 17.7 Å². The van der Waals surface area contributed by atoms with E-state index in [9.17, 15) is 4.79 Å². The lowest BCUT2D eigenvalue weighted by atomic mass is 10.1. The monoisotopic (exact) mass is 393 g/mol. The Morgan fingerprint density at radius 1 is 0.889 bits per heavy atom. The zero-order valence-corrected chi connectivity index (χ0v) is 15.9. The van der Waals surface area contributed by atoms with Gasteiger partial charge < -0.3 is 4.74 Å². The molecule has 3 aromatic carbocycles. The van der Waals surface area contributed by atoms with E-state index in [0.717, 1.165) is 11.1 Å². The van der Waals surface area contributed by atoms with E-state index < -0.39 is 10.8 Å². The van der Waals surface area contributed by atoms with Gasteiger partial charge in [0.2, 0.25) is 10.8 Å². The lowest BCUT2D eigenvalue weighted by Crippen LogP contribution is -2.27. The number of hydrogen-bond donors (Lipinski definition) is 0. The van der Waals surface area contributed by atoms with Crippen LogP contribution in [-0.4, -0.2) is 11.9 Å². The first kappa shape index (κ1) is 17.8. The highest BCUT2D eigenvalue weighted by molar-refractivity contribution is 8.00. The lowest BCUT2D eigenvalue weighted by Gasteiger charge is -2.22. The molecule has 0 aromatic heterocycles. The third kappa shape index (κ3) is 3.51. The quantitative estimate of drug-likeness (QED) is 0.542. The second-order valence-corrected chi connectivity index (χ2v) is 7.65. The third-order valence-corrected chi connectivity index (χ3v) is 6.00.